The van der Waals surface area contributed by atoms with E-state index in [4.69, 9.17) is 23.2 Å². The Labute approximate surface area is 109 Å². The summed E-state index contributed by atoms with van der Waals surface area (Å²) in [4.78, 5) is 4.31. The Hall–Kier alpha value is -1.26. The Kier molecular flexibility index (Phi) is 3.54. The molecule has 4 nitrogen and oxygen atoms in total. The smallest absolute Gasteiger partial charge is 0.242 e. The van der Waals surface area contributed by atoms with Crippen LogP contribution >= 0.6 is 23.2 Å². The van der Waals surface area contributed by atoms with E-state index in [1.165, 1.54) is 0 Å². The topological polar surface area (TPSA) is 53.6 Å². The van der Waals surface area contributed by atoms with Gasteiger partial charge in [0.15, 0.2) is 5.82 Å². The van der Waals surface area contributed by atoms with Crippen molar-refractivity contribution in [1.82, 2.24) is 15.2 Å². The molecule has 0 saturated heterocycles. The van der Waals surface area contributed by atoms with E-state index in [-0.39, 0.29) is 6.04 Å². The first-order chi connectivity index (χ1) is 8.06. The fraction of sp³-hybridized carbons (Fsp3) is 0.273. The maximum atomic E-state index is 6.09. The third-order valence-corrected chi connectivity index (χ3v) is 2.64. The summed E-state index contributed by atoms with van der Waals surface area (Å²) in [5.41, 5.74) is 0.778. The van der Waals surface area contributed by atoms with E-state index in [2.05, 4.69) is 20.5 Å². The molecule has 2 aromatic rings. The predicted molar refractivity (Wildman–Crippen MR) is 70.6 cm³/mol. The molecule has 0 radical (unpaired) electrons. The van der Waals surface area contributed by atoms with Crippen molar-refractivity contribution in [2.75, 3.05) is 5.32 Å². The number of aromatic amines is 1. The van der Waals surface area contributed by atoms with Crippen molar-refractivity contribution in [2.45, 2.75) is 19.9 Å². The fourth-order valence-corrected chi connectivity index (χ4v) is 1.88. The lowest BCUT2D eigenvalue weighted by molar-refractivity contribution is 0.876. The van der Waals surface area contributed by atoms with Gasteiger partial charge in [-0.1, -0.05) is 23.2 Å². The first-order valence-corrected chi connectivity index (χ1v) is 5.96. The highest BCUT2D eigenvalue weighted by Gasteiger charge is 2.09. The molecule has 6 heteroatoms. The van der Waals surface area contributed by atoms with Crippen LogP contribution in [0.15, 0.2) is 18.2 Å². The van der Waals surface area contributed by atoms with Gasteiger partial charge in [0.2, 0.25) is 5.95 Å². The highest BCUT2D eigenvalue weighted by atomic mass is 35.5. The summed E-state index contributed by atoms with van der Waals surface area (Å²) in [6, 6.07) is 5.53. The van der Waals surface area contributed by atoms with Gasteiger partial charge in [-0.25, -0.2) is 0 Å². The average molecular weight is 271 g/mol. The second-order valence-corrected chi connectivity index (χ2v) is 4.77. The molecule has 0 bridgehead atoms. The zero-order valence-electron chi connectivity index (χ0n) is 9.46. The van der Waals surface area contributed by atoms with Gasteiger partial charge < -0.3 is 5.32 Å². The molecule has 1 aromatic heterocycles. The number of nitrogens with one attached hydrogen (secondary N) is 2. The van der Waals surface area contributed by atoms with Crippen LogP contribution in [0.2, 0.25) is 10.0 Å². The van der Waals surface area contributed by atoms with Crippen LogP contribution in [0, 0.1) is 0 Å². The minimum absolute atomic E-state index is 0.277. The van der Waals surface area contributed by atoms with Crippen molar-refractivity contribution < 1.29 is 0 Å². The summed E-state index contributed by atoms with van der Waals surface area (Å²) in [6.45, 7) is 4.04. The van der Waals surface area contributed by atoms with Crippen molar-refractivity contribution >= 4 is 29.2 Å². The van der Waals surface area contributed by atoms with Gasteiger partial charge in [0.05, 0.1) is 5.02 Å². The van der Waals surface area contributed by atoms with E-state index in [0.29, 0.717) is 21.8 Å². The number of halogens is 2. The van der Waals surface area contributed by atoms with Crippen LogP contribution in [0.3, 0.4) is 0 Å². The van der Waals surface area contributed by atoms with Gasteiger partial charge in [-0.2, -0.15) is 4.98 Å². The summed E-state index contributed by atoms with van der Waals surface area (Å²) in [6.07, 6.45) is 0. The summed E-state index contributed by atoms with van der Waals surface area (Å²) < 4.78 is 0. The second kappa shape index (κ2) is 4.94. The van der Waals surface area contributed by atoms with Crippen molar-refractivity contribution in [3.05, 3.63) is 28.2 Å². The summed E-state index contributed by atoms with van der Waals surface area (Å²) in [5, 5.41) is 11.1. The van der Waals surface area contributed by atoms with Crippen molar-refractivity contribution in [2.24, 2.45) is 0 Å². The standard InChI is InChI=1S/C11H12Cl2N4/c1-6(2)14-11-15-10(16-17-11)8-4-3-7(12)5-9(8)13/h3-6H,1-2H3,(H2,14,15,16,17). The Morgan fingerprint density at radius 1 is 1.29 bits per heavy atom. The van der Waals surface area contributed by atoms with Gasteiger partial charge in [0, 0.05) is 16.6 Å². The maximum absolute atomic E-state index is 6.09. The van der Waals surface area contributed by atoms with Gasteiger partial charge in [0.25, 0.3) is 0 Å². The number of hydrogen-bond donors (Lipinski definition) is 2. The fourth-order valence-electron chi connectivity index (χ4n) is 1.39. The van der Waals surface area contributed by atoms with Crippen molar-refractivity contribution in [1.29, 1.82) is 0 Å². The number of benzene rings is 1. The Morgan fingerprint density at radius 3 is 2.71 bits per heavy atom. The molecule has 0 aliphatic heterocycles. The van der Waals surface area contributed by atoms with Crippen molar-refractivity contribution in [3.8, 4) is 11.4 Å². The molecule has 0 aliphatic rings. The molecule has 2 rings (SSSR count). The summed E-state index contributed by atoms with van der Waals surface area (Å²) in [7, 11) is 0. The molecule has 0 atom stereocenters. The molecule has 1 heterocycles. The van der Waals surface area contributed by atoms with Gasteiger partial charge >= 0.3 is 0 Å². The van der Waals surface area contributed by atoms with E-state index in [1.807, 2.05) is 19.9 Å². The van der Waals surface area contributed by atoms with Gasteiger partial charge in [-0.05, 0) is 32.0 Å². The monoisotopic (exact) mass is 270 g/mol. The molecule has 0 saturated carbocycles. The van der Waals surface area contributed by atoms with Crippen LogP contribution in [0.5, 0.6) is 0 Å². The lowest BCUT2D eigenvalue weighted by Gasteiger charge is -2.03. The number of nitrogens with zero attached hydrogens (tertiary/aromatic N) is 2. The van der Waals surface area contributed by atoms with Crippen LogP contribution in [-0.2, 0) is 0 Å². The molecule has 0 amide bonds. The van der Waals surface area contributed by atoms with Gasteiger partial charge in [-0.3, -0.25) is 5.10 Å². The average Bonchev–Trinajstić information content (AvgIpc) is 2.65. The highest BCUT2D eigenvalue weighted by molar-refractivity contribution is 6.36. The van der Waals surface area contributed by atoms with Gasteiger partial charge in [-0.15, -0.1) is 5.10 Å². The van der Waals surface area contributed by atoms with E-state index in [1.54, 1.807) is 12.1 Å². The zero-order valence-corrected chi connectivity index (χ0v) is 11.0. The molecule has 0 unspecified atom stereocenters. The first kappa shape index (κ1) is 12.2. The van der Waals surface area contributed by atoms with Crippen LogP contribution in [0.1, 0.15) is 13.8 Å². The lowest BCUT2D eigenvalue weighted by Crippen LogP contribution is -2.10. The SMILES string of the molecule is CC(C)Nc1n[nH]c(-c2ccc(Cl)cc2Cl)n1. The van der Waals surface area contributed by atoms with E-state index >= 15 is 0 Å². The molecule has 2 N–H and O–H groups in total. The highest BCUT2D eigenvalue weighted by Crippen LogP contribution is 2.28. The van der Waals surface area contributed by atoms with Crippen molar-refractivity contribution in [3.63, 3.8) is 0 Å². The van der Waals surface area contributed by atoms with Crippen LogP contribution in [-0.4, -0.2) is 21.2 Å². The maximum Gasteiger partial charge on any atom is 0.242 e. The quantitative estimate of drug-likeness (QED) is 0.896. The Morgan fingerprint density at radius 2 is 2.06 bits per heavy atom. The third kappa shape index (κ3) is 2.90. The minimum atomic E-state index is 0.277. The largest absolute Gasteiger partial charge is 0.351 e. The van der Waals surface area contributed by atoms with Crippen LogP contribution in [0.4, 0.5) is 5.95 Å². The Balaban J connectivity index is 2.30. The number of anilines is 1. The van der Waals surface area contributed by atoms with Crippen LogP contribution in [0.25, 0.3) is 11.4 Å². The number of aromatic nitrogens is 3. The molecule has 0 fully saturated rings. The summed E-state index contributed by atoms with van der Waals surface area (Å²) >= 11 is 11.9. The normalized spacial score (nSPS) is 10.9. The molecule has 90 valence electrons. The van der Waals surface area contributed by atoms with E-state index in [0.717, 1.165) is 5.56 Å². The molecule has 0 aliphatic carbocycles. The number of H-pyrrole nitrogens is 1. The molecule has 0 spiro atoms. The number of rotatable bonds is 3. The van der Waals surface area contributed by atoms with Gasteiger partial charge in [0.1, 0.15) is 0 Å². The Bertz CT molecular complexity index is 522. The molecular weight excluding hydrogens is 259 g/mol. The first-order valence-electron chi connectivity index (χ1n) is 5.20. The zero-order chi connectivity index (χ0) is 12.4. The number of hydrogen-bond acceptors (Lipinski definition) is 3. The predicted octanol–water partition coefficient (Wildman–Crippen LogP) is 3.60. The lowest BCUT2D eigenvalue weighted by atomic mass is 10.2. The minimum Gasteiger partial charge on any atom is -0.351 e. The third-order valence-electron chi connectivity index (χ3n) is 2.09. The molecular formula is C11H12Cl2N4. The second-order valence-electron chi connectivity index (χ2n) is 3.93. The van der Waals surface area contributed by atoms with Crippen LogP contribution < -0.4 is 5.32 Å². The molecule has 1 aromatic carbocycles. The summed E-state index contributed by atoms with van der Waals surface area (Å²) in [5.74, 6) is 1.18. The van der Waals surface area contributed by atoms with E-state index < -0.39 is 0 Å². The van der Waals surface area contributed by atoms with E-state index in [9.17, 15) is 0 Å². The molecule has 17 heavy (non-hydrogen) atoms.